The van der Waals surface area contributed by atoms with Crippen molar-refractivity contribution in [2.75, 3.05) is 18.1 Å². The second-order valence-corrected chi connectivity index (χ2v) is 7.40. The highest BCUT2D eigenvalue weighted by atomic mass is 32.1. The third-order valence-corrected chi connectivity index (χ3v) is 5.15. The molecule has 6 heteroatoms. The van der Waals surface area contributed by atoms with E-state index in [9.17, 15) is 0 Å². The summed E-state index contributed by atoms with van der Waals surface area (Å²) in [5.41, 5.74) is 0. The molecule has 0 bridgehead atoms. The lowest BCUT2D eigenvalue weighted by Gasteiger charge is -2.26. The number of hydrogen-bond donors (Lipinski definition) is 0. The summed E-state index contributed by atoms with van der Waals surface area (Å²) in [6, 6.07) is 4.80. The second-order valence-electron chi connectivity index (χ2n) is 6.42. The van der Waals surface area contributed by atoms with Crippen molar-refractivity contribution < 1.29 is 4.74 Å². The largest absolute Gasteiger partial charge is 0.374 e. The summed E-state index contributed by atoms with van der Waals surface area (Å²) < 4.78 is 7.83. The molecule has 1 fully saturated rings. The predicted octanol–water partition coefficient (Wildman–Crippen LogP) is 3.87. The number of rotatable bonds is 7. The van der Waals surface area contributed by atoms with E-state index in [1.54, 1.807) is 0 Å². The molecule has 0 aliphatic carbocycles. The van der Waals surface area contributed by atoms with Crippen LogP contribution in [0.5, 0.6) is 0 Å². The molecule has 0 amide bonds. The molecule has 126 valence electrons. The molecule has 1 saturated heterocycles. The first-order chi connectivity index (χ1) is 11.2. The van der Waals surface area contributed by atoms with E-state index < -0.39 is 0 Å². The van der Waals surface area contributed by atoms with Crippen LogP contribution in [0.3, 0.4) is 0 Å². The van der Waals surface area contributed by atoms with Gasteiger partial charge in [-0.05, 0) is 37.1 Å². The van der Waals surface area contributed by atoms with E-state index in [0.29, 0.717) is 25.2 Å². The van der Waals surface area contributed by atoms with Gasteiger partial charge in [-0.15, -0.1) is 21.5 Å². The van der Waals surface area contributed by atoms with Crippen LogP contribution in [0.25, 0.3) is 0 Å². The number of nitrogens with zero attached hydrogens (tertiary/aromatic N) is 4. The smallest absolute Gasteiger partial charge is 0.227 e. The Morgan fingerprint density at radius 1 is 1.39 bits per heavy atom. The molecule has 1 aliphatic heterocycles. The highest BCUT2D eigenvalue weighted by molar-refractivity contribution is 7.10. The zero-order valence-electron chi connectivity index (χ0n) is 14.2. The summed E-state index contributed by atoms with van der Waals surface area (Å²) in [5.74, 6) is 2.49. The number of hydrogen-bond acceptors (Lipinski definition) is 5. The molecule has 0 aromatic carbocycles. The van der Waals surface area contributed by atoms with Gasteiger partial charge in [-0.3, -0.25) is 4.57 Å². The minimum atomic E-state index is 0.435. The van der Waals surface area contributed by atoms with Gasteiger partial charge in [0, 0.05) is 24.6 Å². The van der Waals surface area contributed by atoms with Gasteiger partial charge in [0.2, 0.25) is 5.95 Å². The highest BCUT2D eigenvalue weighted by Crippen LogP contribution is 2.37. The van der Waals surface area contributed by atoms with Crippen LogP contribution in [0.1, 0.15) is 50.4 Å². The lowest BCUT2D eigenvalue weighted by atomic mass is 10.2. The minimum Gasteiger partial charge on any atom is -0.374 e. The third-order valence-electron chi connectivity index (χ3n) is 4.17. The van der Waals surface area contributed by atoms with Gasteiger partial charge in [-0.25, -0.2) is 0 Å². The third kappa shape index (κ3) is 3.58. The van der Waals surface area contributed by atoms with Gasteiger partial charge in [-0.2, -0.15) is 0 Å². The fraction of sp³-hybridized carbons (Fsp3) is 0.647. The monoisotopic (exact) mass is 334 g/mol. The Morgan fingerprint density at radius 2 is 2.26 bits per heavy atom. The van der Waals surface area contributed by atoms with E-state index in [2.05, 4.69) is 51.0 Å². The number of ether oxygens (including phenoxy) is 1. The van der Waals surface area contributed by atoms with Crippen molar-refractivity contribution in [2.24, 2.45) is 5.92 Å². The Kier molecular flexibility index (Phi) is 5.33. The molecule has 1 aliphatic rings. The van der Waals surface area contributed by atoms with E-state index >= 15 is 0 Å². The van der Waals surface area contributed by atoms with Crippen LogP contribution in [0, 0.1) is 5.92 Å². The molecule has 1 atom stereocenters. The Balaban J connectivity index is 1.89. The first-order valence-electron chi connectivity index (χ1n) is 8.50. The maximum atomic E-state index is 5.58. The highest BCUT2D eigenvalue weighted by Gasteiger charge is 2.31. The Bertz CT molecular complexity index is 608. The van der Waals surface area contributed by atoms with Crippen molar-refractivity contribution in [3.8, 4) is 0 Å². The molecule has 3 rings (SSSR count). The van der Waals surface area contributed by atoms with E-state index in [1.165, 1.54) is 17.7 Å². The summed E-state index contributed by atoms with van der Waals surface area (Å²) in [6.07, 6.45) is 2.40. The Hall–Kier alpha value is -1.40. The molecular formula is C17H26N4OS. The maximum Gasteiger partial charge on any atom is 0.227 e. The van der Waals surface area contributed by atoms with Gasteiger partial charge in [0.05, 0.1) is 6.04 Å². The quantitative estimate of drug-likeness (QED) is 0.771. The van der Waals surface area contributed by atoms with Crippen molar-refractivity contribution >= 4 is 17.3 Å². The molecule has 2 aromatic rings. The van der Waals surface area contributed by atoms with Crippen molar-refractivity contribution in [3.05, 3.63) is 28.2 Å². The standard InChI is InChI=1S/C17H26N4OS/c1-4-22-12-16-18-19-17(21(16)11-13(2)3)20-9-5-7-14(20)15-8-6-10-23-15/h6,8,10,13-14H,4-5,7,9,11-12H2,1-3H3. The first-order valence-corrected chi connectivity index (χ1v) is 9.38. The zero-order chi connectivity index (χ0) is 16.2. The Morgan fingerprint density at radius 3 is 2.96 bits per heavy atom. The molecule has 2 aromatic heterocycles. The molecule has 0 radical (unpaired) electrons. The normalized spacial score (nSPS) is 18.3. The van der Waals surface area contributed by atoms with Crippen LogP contribution in [0.2, 0.25) is 0 Å². The van der Waals surface area contributed by atoms with Crippen LogP contribution < -0.4 is 4.90 Å². The van der Waals surface area contributed by atoms with Crippen molar-refractivity contribution in [1.29, 1.82) is 0 Å². The first kappa shape index (κ1) is 16.5. The van der Waals surface area contributed by atoms with E-state index in [-0.39, 0.29) is 0 Å². The molecule has 0 saturated carbocycles. The van der Waals surface area contributed by atoms with Gasteiger partial charge < -0.3 is 9.64 Å². The molecule has 1 unspecified atom stereocenters. The summed E-state index contributed by atoms with van der Waals surface area (Å²) in [6.45, 7) is 9.69. The van der Waals surface area contributed by atoms with Crippen molar-refractivity contribution in [3.63, 3.8) is 0 Å². The maximum absolute atomic E-state index is 5.58. The van der Waals surface area contributed by atoms with Crippen LogP contribution in [-0.2, 0) is 17.9 Å². The summed E-state index contributed by atoms with van der Waals surface area (Å²) in [5, 5.41) is 11.1. The molecule has 5 nitrogen and oxygen atoms in total. The summed E-state index contributed by atoms with van der Waals surface area (Å²) in [7, 11) is 0. The molecule has 0 spiro atoms. The molecule has 0 N–H and O–H groups in total. The SMILES string of the molecule is CCOCc1nnc(N2CCCC2c2cccs2)n1CC(C)C. The summed E-state index contributed by atoms with van der Waals surface area (Å²) in [4.78, 5) is 3.85. The van der Waals surface area contributed by atoms with Gasteiger partial charge in [-0.1, -0.05) is 19.9 Å². The number of aromatic nitrogens is 3. The molecule has 23 heavy (non-hydrogen) atoms. The van der Waals surface area contributed by atoms with Crippen LogP contribution >= 0.6 is 11.3 Å². The fourth-order valence-electron chi connectivity index (χ4n) is 3.17. The van der Waals surface area contributed by atoms with Crippen LogP contribution in [-0.4, -0.2) is 27.9 Å². The van der Waals surface area contributed by atoms with Gasteiger partial charge in [0.25, 0.3) is 0 Å². The van der Waals surface area contributed by atoms with E-state index in [0.717, 1.165) is 24.9 Å². The van der Waals surface area contributed by atoms with Gasteiger partial charge >= 0.3 is 0 Å². The van der Waals surface area contributed by atoms with E-state index in [1.807, 2.05) is 18.3 Å². The molecule has 3 heterocycles. The van der Waals surface area contributed by atoms with Crippen molar-refractivity contribution in [1.82, 2.24) is 14.8 Å². The zero-order valence-corrected chi connectivity index (χ0v) is 15.1. The number of anilines is 1. The fourth-order valence-corrected chi connectivity index (χ4v) is 4.05. The minimum absolute atomic E-state index is 0.435. The molecular weight excluding hydrogens is 308 g/mol. The lowest BCUT2D eigenvalue weighted by molar-refractivity contribution is 0.125. The van der Waals surface area contributed by atoms with Gasteiger partial charge in [0.1, 0.15) is 6.61 Å². The topological polar surface area (TPSA) is 43.2 Å². The summed E-state index contributed by atoms with van der Waals surface area (Å²) >= 11 is 1.84. The van der Waals surface area contributed by atoms with Crippen LogP contribution in [0.15, 0.2) is 17.5 Å². The number of thiophene rings is 1. The van der Waals surface area contributed by atoms with Crippen LogP contribution in [0.4, 0.5) is 5.95 Å². The average Bonchev–Trinajstić information content (AvgIpc) is 3.24. The lowest BCUT2D eigenvalue weighted by Crippen LogP contribution is -2.26. The Labute approximate surface area is 142 Å². The predicted molar refractivity (Wildman–Crippen MR) is 93.8 cm³/mol. The van der Waals surface area contributed by atoms with Crippen molar-refractivity contribution in [2.45, 2.75) is 52.8 Å². The second kappa shape index (κ2) is 7.45. The average molecular weight is 334 g/mol. The van der Waals surface area contributed by atoms with E-state index in [4.69, 9.17) is 4.74 Å². The van der Waals surface area contributed by atoms with Gasteiger partial charge in [0.15, 0.2) is 5.82 Å².